The number of hydrogen-bond acceptors (Lipinski definition) is 6. The van der Waals surface area contributed by atoms with Crippen LogP contribution in [-0.2, 0) is 17.8 Å². The van der Waals surface area contributed by atoms with E-state index in [0.29, 0.717) is 18.4 Å². The summed E-state index contributed by atoms with van der Waals surface area (Å²) in [6.45, 7) is 5.56. The molecule has 1 atom stereocenters. The Labute approximate surface area is 124 Å². The average Bonchev–Trinajstić information content (AvgIpc) is 2.86. The predicted octanol–water partition coefficient (Wildman–Crippen LogP) is 0.908. The van der Waals surface area contributed by atoms with Gasteiger partial charge in [0.1, 0.15) is 0 Å². The summed E-state index contributed by atoms with van der Waals surface area (Å²) in [5.41, 5.74) is 0. The molecule has 118 valence electrons. The lowest BCUT2D eigenvalue weighted by atomic mass is 9.98. The smallest absolute Gasteiger partial charge is 0.317 e. The molecule has 7 heteroatoms. The van der Waals surface area contributed by atoms with Crippen molar-refractivity contribution in [1.29, 1.82) is 0 Å². The number of aliphatic carboxylic acids is 1. The molecule has 2 rings (SSSR count). The highest BCUT2D eigenvalue weighted by molar-refractivity contribution is 5.68. The Bertz CT molecular complexity index is 449. The second-order valence-corrected chi connectivity index (χ2v) is 5.62. The van der Waals surface area contributed by atoms with E-state index in [1.54, 1.807) is 0 Å². The molecule has 0 aromatic carbocycles. The Morgan fingerprint density at radius 2 is 2.43 bits per heavy atom. The summed E-state index contributed by atoms with van der Waals surface area (Å²) >= 11 is 0. The van der Waals surface area contributed by atoms with Crippen molar-refractivity contribution in [1.82, 2.24) is 20.4 Å². The van der Waals surface area contributed by atoms with Crippen molar-refractivity contribution in [2.75, 3.05) is 26.2 Å². The van der Waals surface area contributed by atoms with Crippen LogP contribution >= 0.6 is 0 Å². The van der Waals surface area contributed by atoms with Crippen LogP contribution in [0.5, 0.6) is 0 Å². The quantitative estimate of drug-likeness (QED) is 0.736. The molecule has 0 bridgehead atoms. The molecule has 0 amide bonds. The lowest BCUT2D eigenvalue weighted by Crippen LogP contribution is -2.40. The fourth-order valence-electron chi connectivity index (χ4n) is 2.71. The maximum Gasteiger partial charge on any atom is 0.317 e. The lowest BCUT2D eigenvalue weighted by molar-refractivity contribution is -0.136. The van der Waals surface area contributed by atoms with Crippen LogP contribution in [0.1, 0.15) is 37.9 Å². The topological polar surface area (TPSA) is 91.5 Å². The monoisotopic (exact) mass is 296 g/mol. The van der Waals surface area contributed by atoms with Gasteiger partial charge in [-0.1, -0.05) is 12.1 Å². The highest BCUT2D eigenvalue weighted by Gasteiger charge is 2.21. The molecular formula is C14H24N4O3. The summed E-state index contributed by atoms with van der Waals surface area (Å²) in [7, 11) is 0. The zero-order valence-electron chi connectivity index (χ0n) is 12.5. The number of carboxylic acid groups (broad SMARTS) is 1. The summed E-state index contributed by atoms with van der Waals surface area (Å²) < 4.78 is 5.20. The molecule has 0 saturated carbocycles. The van der Waals surface area contributed by atoms with E-state index >= 15 is 0 Å². The van der Waals surface area contributed by atoms with Gasteiger partial charge in [0.2, 0.25) is 5.89 Å². The van der Waals surface area contributed by atoms with E-state index < -0.39 is 5.97 Å². The lowest BCUT2D eigenvalue weighted by Gasteiger charge is -2.31. The minimum absolute atomic E-state index is 0.0295. The molecule has 2 heterocycles. The van der Waals surface area contributed by atoms with Gasteiger partial charge in [-0.15, -0.1) is 0 Å². The largest absolute Gasteiger partial charge is 0.480 e. The number of carboxylic acids is 1. The summed E-state index contributed by atoms with van der Waals surface area (Å²) in [4.78, 5) is 17.2. The van der Waals surface area contributed by atoms with Crippen molar-refractivity contribution in [2.24, 2.45) is 5.92 Å². The van der Waals surface area contributed by atoms with Crippen LogP contribution in [0.15, 0.2) is 4.52 Å². The number of carbonyl (C=O) groups is 1. The zero-order valence-corrected chi connectivity index (χ0v) is 12.5. The molecule has 1 aliphatic heterocycles. The Morgan fingerprint density at radius 3 is 3.19 bits per heavy atom. The maximum atomic E-state index is 10.5. The molecule has 1 aliphatic rings. The van der Waals surface area contributed by atoms with E-state index in [2.05, 4.69) is 27.3 Å². The average molecular weight is 296 g/mol. The summed E-state index contributed by atoms with van der Waals surface area (Å²) in [6.07, 6.45) is 4.09. The Hall–Kier alpha value is -1.47. The van der Waals surface area contributed by atoms with Gasteiger partial charge in [-0.25, -0.2) is 0 Å². The van der Waals surface area contributed by atoms with Crippen LogP contribution in [0.2, 0.25) is 0 Å². The second kappa shape index (κ2) is 8.09. The summed E-state index contributed by atoms with van der Waals surface area (Å²) in [6, 6.07) is 0. The second-order valence-electron chi connectivity index (χ2n) is 5.62. The molecule has 0 radical (unpaired) electrons. The van der Waals surface area contributed by atoms with Gasteiger partial charge in [-0.2, -0.15) is 4.98 Å². The minimum atomic E-state index is -0.807. The number of aromatic nitrogens is 2. The standard InChI is InChI=1S/C14H24N4O3/c1-2-4-13-16-12(17-21-13)10-18-6-3-5-11(9-18)7-15-8-14(19)20/h11,15H,2-10H2,1H3,(H,19,20). The number of likely N-dealkylation sites (tertiary alicyclic amines) is 1. The zero-order chi connectivity index (χ0) is 15.1. The molecule has 1 aromatic rings. The van der Waals surface area contributed by atoms with Crippen LogP contribution in [0.4, 0.5) is 0 Å². The first-order valence-electron chi connectivity index (χ1n) is 7.63. The first-order valence-corrected chi connectivity index (χ1v) is 7.63. The fourth-order valence-corrected chi connectivity index (χ4v) is 2.71. The Balaban J connectivity index is 1.76. The van der Waals surface area contributed by atoms with Crippen molar-refractivity contribution < 1.29 is 14.4 Å². The van der Waals surface area contributed by atoms with Crippen LogP contribution in [-0.4, -0.2) is 52.3 Å². The number of aryl methyl sites for hydroxylation is 1. The number of nitrogens with zero attached hydrogens (tertiary/aromatic N) is 3. The van der Waals surface area contributed by atoms with Gasteiger partial charge in [-0.05, 0) is 38.3 Å². The highest BCUT2D eigenvalue weighted by Crippen LogP contribution is 2.17. The predicted molar refractivity (Wildman–Crippen MR) is 76.8 cm³/mol. The van der Waals surface area contributed by atoms with Crippen molar-refractivity contribution >= 4 is 5.97 Å². The first-order chi connectivity index (χ1) is 10.2. The number of rotatable bonds is 8. The molecule has 1 fully saturated rings. The minimum Gasteiger partial charge on any atom is -0.480 e. The SMILES string of the molecule is CCCc1nc(CN2CCCC(CNCC(=O)O)C2)no1. The molecule has 2 N–H and O–H groups in total. The van der Waals surface area contributed by atoms with E-state index in [1.807, 2.05) is 0 Å². The molecule has 1 aromatic heterocycles. The fraction of sp³-hybridized carbons (Fsp3) is 0.786. The summed E-state index contributed by atoms with van der Waals surface area (Å²) in [5.74, 6) is 1.14. The molecule has 0 spiro atoms. The van der Waals surface area contributed by atoms with E-state index in [0.717, 1.165) is 51.1 Å². The van der Waals surface area contributed by atoms with Gasteiger partial charge in [0.05, 0.1) is 13.1 Å². The number of nitrogens with one attached hydrogen (secondary N) is 1. The normalized spacial score (nSPS) is 19.8. The van der Waals surface area contributed by atoms with Gasteiger partial charge >= 0.3 is 5.97 Å². The number of hydrogen-bond donors (Lipinski definition) is 2. The van der Waals surface area contributed by atoms with Gasteiger partial charge in [0.25, 0.3) is 0 Å². The van der Waals surface area contributed by atoms with Gasteiger partial charge in [0.15, 0.2) is 5.82 Å². The molecule has 0 aliphatic carbocycles. The number of piperidine rings is 1. The molecule has 7 nitrogen and oxygen atoms in total. The van der Waals surface area contributed by atoms with Crippen LogP contribution in [0.25, 0.3) is 0 Å². The Kier molecular flexibility index (Phi) is 6.13. The van der Waals surface area contributed by atoms with E-state index in [9.17, 15) is 4.79 Å². The van der Waals surface area contributed by atoms with Gasteiger partial charge in [0, 0.05) is 13.0 Å². The summed E-state index contributed by atoms with van der Waals surface area (Å²) in [5, 5.41) is 15.6. The third-order valence-electron chi connectivity index (χ3n) is 3.65. The first kappa shape index (κ1) is 15.9. The van der Waals surface area contributed by atoms with Gasteiger partial charge in [-0.3, -0.25) is 9.69 Å². The van der Waals surface area contributed by atoms with Crippen molar-refractivity contribution in [2.45, 2.75) is 39.2 Å². The van der Waals surface area contributed by atoms with Crippen LogP contribution < -0.4 is 5.32 Å². The third-order valence-corrected chi connectivity index (χ3v) is 3.65. The van der Waals surface area contributed by atoms with Crippen molar-refractivity contribution in [3.05, 3.63) is 11.7 Å². The van der Waals surface area contributed by atoms with Crippen LogP contribution in [0, 0.1) is 5.92 Å². The molecule has 1 unspecified atom stereocenters. The Morgan fingerprint density at radius 1 is 1.57 bits per heavy atom. The van der Waals surface area contributed by atoms with E-state index in [-0.39, 0.29) is 6.54 Å². The van der Waals surface area contributed by atoms with Gasteiger partial charge < -0.3 is 14.9 Å². The maximum absolute atomic E-state index is 10.5. The third kappa shape index (κ3) is 5.43. The van der Waals surface area contributed by atoms with Crippen molar-refractivity contribution in [3.63, 3.8) is 0 Å². The molecule has 1 saturated heterocycles. The molecule has 21 heavy (non-hydrogen) atoms. The van der Waals surface area contributed by atoms with E-state index in [4.69, 9.17) is 9.63 Å². The molecular weight excluding hydrogens is 272 g/mol. The van der Waals surface area contributed by atoms with E-state index in [1.165, 1.54) is 0 Å². The highest BCUT2D eigenvalue weighted by atomic mass is 16.5. The van der Waals surface area contributed by atoms with Crippen LogP contribution in [0.3, 0.4) is 0 Å². The van der Waals surface area contributed by atoms with Crippen molar-refractivity contribution in [3.8, 4) is 0 Å².